The van der Waals surface area contributed by atoms with E-state index in [-0.39, 0.29) is 28.4 Å². The van der Waals surface area contributed by atoms with Crippen molar-refractivity contribution in [2.75, 3.05) is 13.2 Å². The minimum Gasteiger partial charge on any atom is -0.386 e. The van der Waals surface area contributed by atoms with Gasteiger partial charge < -0.3 is 14.4 Å². The normalized spacial score (nSPS) is 17.8. The highest BCUT2D eigenvalue weighted by molar-refractivity contribution is 6.07. The summed E-state index contributed by atoms with van der Waals surface area (Å²) >= 11 is 0. The van der Waals surface area contributed by atoms with Crippen LogP contribution in [0, 0.1) is 18.1 Å². The third kappa shape index (κ3) is 3.66. The average Bonchev–Trinajstić information content (AvgIpc) is 3.40. The summed E-state index contributed by atoms with van der Waals surface area (Å²) in [6.07, 6.45) is 1.61. The SMILES string of the molecule is [2H]C([2H])([2H])c1nnn(C)c1-c1cc2c(cc1F)c1ncc(C(C)(C)O)cc1n2C(c1ccccc1)C1(C)COC1. The maximum atomic E-state index is 15.9. The molecule has 0 saturated carbocycles. The van der Waals surface area contributed by atoms with Gasteiger partial charge in [-0.05, 0) is 44.5 Å². The molecular formula is C29H30FN5O2. The monoisotopic (exact) mass is 502 g/mol. The summed E-state index contributed by atoms with van der Waals surface area (Å²) in [4.78, 5) is 4.71. The van der Waals surface area contributed by atoms with Crippen molar-refractivity contribution in [2.24, 2.45) is 12.5 Å². The molecule has 6 rings (SSSR count). The minimum absolute atomic E-state index is 0.0831. The van der Waals surface area contributed by atoms with Crippen molar-refractivity contribution in [1.82, 2.24) is 24.5 Å². The van der Waals surface area contributed by atoms with Crippen LogP contribution in [0.15, 0.2) is 54.7 Å². The van der Waals surface area contributed by atoms with Crippen molar-refractivity contribution in [3.05, 3.63) is 77.4 Å². The summed E-state index contributed by atoms with van der Waals surface area (Å²) in [5.41, 5.74) is 2.10. The molecule has 0 radical (unpaired) electrons. The van der Waals surface area contributed by atoms with E-state index in [4.69, 9.17) is 13.8 Å². The lowest BCUT2D eigenvalue weighted by Crippen LogP contribution is -2.47. The Hall–Kier alpha value is -3.62. The predicted octanol–water partition coefficient (Wildman–Crippen LogP) is 5.29. The molecule has 0 spiro atoms. The number of ether oxygens (including phenoxy) is 1. The zero-order chi connectivity index (χ0) is 28.6. The maximum Gasteiger partial charge on any atom is 0.133 e. The smallest absolute Gasteiger partial charge is 0.133 e. The second-order valence-corrected chi connectivity index (χ2v) is 10.7. The zero-order valence-corrected chi connectivity index (χ0v) is 21.2. The fourth-order valence-electron chi connectivity index (χ4n) is 5.46. The van der Waals surface area contributed by atoms with Gasteiger partial charge in [-0.25, -0.2) is 9.07 Å². The fraction of sp³-hybridized carbons (Fsp3) is 0.345. The highest BCUT2D eigenvalue weighted by Gasteiger charge is 2.44. The van der Waals surface area contributed by atoms with E-state index in [0.717, 1.165) is 11.1 Å². The van der Waals surface area contributed by atoms with Gasteiger partial charge in [0.25, 0.3) is 0 Å². The predicted molar refractivity (Wildman–Crippen MR) is 141 cm³/mol. The molecule has 1 unspecified atom stereocenters. The number of pyridine rings is 1. The first-order chi connectivity index (χ1) is 18.8. The van der Waals surface area contributed by atoms with Crippen molar-refractivity contribution in [2.45, 2.75) is 39.3 Å². The number of aryl methyl sites for hydroxylation is 2. The van der Waals surface area contributed by atoms with Gasteiger partial charge in [0.05, 0.1) is 52.8 Å². The molecule has 1 atom stereocenters. The Morgan fingerprint density at radius 3 is 2.57 bits per heavy atom. The summed E-state index contributed by atoms with van der Waals surface area (Å²) in [7, 11) is 1.55. The molecule has 2 aromatic carbocycles. The van der Waals surface area contributed by atoms with E-state index in [2.05, 4.69) is 33.9 Å². The Kier molecular flexibility index (Phi) is 4.53. The Bertz CT molecular complexity index is 1750. The van der Waals surface area contributed by atoms with E-state index in [1.165, 1.54) is 10.7 Å². The van der Waals surface area contributed by atoms with Gasteiger partial charge >= 0.3 is 0 Å². The number of hydrogen-bond acceptors (Lipinski definition) is 5. The molecule has 3 aromatic heterocycles. The molecule has 7 nitrogen and oxygen atoms in total. The molecule has 190 valence electrons. The quantitative estimate of drug-likeness (QED) is 0.354. The topological polar surface area (TPSA) is 78.0 Å². The molecule has 0 bridgehead atoms. The van der Waals surface area contributed by atoms with Crippen LogP contribution in [0.5, 0.6) is 0 Å². The van der Waals surface area contributed by atoms with Crippen LogP contribution in [0.25, 0.3) is 33.2 Å². The van der Waals surface area contributed by atoms with Crippen molar-refractivity contribution in [1.29, 1.82) is 0 Å². The number of hydrogen-bond donors (Lipinski definition) is 1. The van der Waals surface area contributed by atoms with E-state index < -0.39 is 18.3 Å². The molecule has 5 aromatic rings. The maximum absolute atomic E-state index is 15.9. The van der Waals surface area contributed by atoms with Gasteiger partial charge in [-0.2, -0.15) is 0 Å². The van der Waals surface area contributed by atoms with Crippen molar-refractivity contribution >= 4 is 21.9 Å². The number of nitrogens with zero attached hydrogens (tertiary/aromatic N) is 5. The second-order valence-electron chi connectivity index (χ2n) is 10.7. The first-order valence-corrected chi connectivity index (χ1v) is 12.2. The molecule has 1 saturated heterocycles. The highest BCUT2D eigenvalue weighted by atomic mass is 19.1. The zero-order valence-electron chi connectivity index (χ0n) is 24.2. The van der Waals surface area contributed by atoms with Gasteiger partial charge in [0.2, 0.25) is 0 Å². The summed E-state index contributed by atoms with van der Waals surface area (Å²) < 4.78 is 48.9. The van der Waals surface area contributed by atoms with Crippen LogP contribution >= 0.6 is 0 Å². The third-order valence-corrected chi connectivity index (χ3v) is 7.41. The van der Waals surface area contributed by atoms with Crippen molar-refractivity contribution in [3.8, 4) is 11.3 Å². The molecule has 1 aliphatic rings. The van der Waals surface area contributed by atoms with Crippen LogP contribution in [-0.4, -0.2) is 42.9 Å². The van der Waals surface area contributed by atoms with Crippen LogP contribution in [0.1, 0.15) is 47.7 Å². The molecule has 1 fully saturated rings. The van der Waals surface area contributed by atoms with Crippen LogP contribution in [0.2, 0.25) is 0 Å². The van der Waals surface area contributed by atoms with Gasteiger partial charge in [0.15, 0.2) is 0 Å². The van der Waals surface area contributed by atoms with Crippen LogP contribution in [0.4, 0.5) is 4.39 Å². The van der Waals surface area contributed by atoms with Gasteiger partial charge in [0.1, 0.15) is 5.82 Å². The summed E-state index contributed by atoms with van der Waals surface area (Å²) in [5.74, 6) is -0.606. The van der Waals surface area contributed by atoms with E-state index in [1.54, 1.807) is 33.2 Å². The Morgan fingerprint density at radius 2 is 1.92 bits per heavy atom. The van der Waals surface area contributed by atoms with Gasteiger partial charge in [-0.1, -0.05) is 42.5 Å². The molecule has 1 aliphatic heterocycles. The molecule has 4 heterocycles. The highest BCUT2D eigenvalue weighted by Crippen LogP contribution is 2.47. The van der Waals surface area contributed by atoms with E-state index in [9.17, 15) is 5.11 Å². The third-order valence-electron chi connectivity index (χ3n) is 7.41. The first kappa shape index (κ1) is 20.4. The van der Waals surface area contributed by atoms with Crippen molar-refractivity contribution < 1.29 is 18.3 Å². The van der Waals surface area contributed by atoms with Crippen LogP contribution < -0.4 is 0 Å². The number of aromatic nitrogens is 5. The lowest BCUT2D eigenvalue weighted by Gasteiger charge is -2.45. The lowest BCUT2D eigenvalue weighted by molar-refractivity contribution is -0.120. The Morgan fingerprint density at radius 1 is 1.16 bits per heavy atom. The number of rotatable bonds is 5. The summed E-state index contributed by atoms with van der Waals surface area (Å²) in [6.45, 7) is 4.01. The van der Waals surface area contributed by atoms with Gasteiger partial charge in [0, 0.05) is 39.3 Å². The standard InChI is InChI=1S/C29H30FN5O2/c1-17-26(34(5)33-32-17)20-13-23-21(12-22(20)30)25-24(11-19(14-31-25)28(2,3)36)35(23)27(29(4)15-37-16-29)18-9-7-6-8-10-18/h6-14,27,36H,15-16H2,1-5H3/i1D3. The van der Waals surface area contributed by atoms with Crippen LogP contribution in [0.3, 0.4) is 0 Å². The molecule has 8 heteroatoms. The average molecular weight is 503 g/mol. The molecule has 0 aliphatic carbocycles. The first-order valence-electron chi connectivity index (χ1n) is 13.7. The van der Waals surface area contributed by atoms with Gasteiger partial charge in [-0.15, -0.1) is 5.10 Å². The van der Waals surface area contributed by atoms with E-state index in [1.807, 2.05) is 24.3 Å². The summed E-state index contributed by atoms with van der Waals surface area (Å²) in [6, 6.07) is 14.8. The molecule has 0 amide bonds. The van der Waals surface area contributed by atoms with Gasteiger partial charge in [-0.3, -0.25) is 4.98 Å². The lowest BCUT2D eigenvalue weighted by atomic mass is 9.76. The Balaban J connectivity index is 1.74. The molecule has 1 N–H and O–H groups in total. The van der Waals surface area contributed by atoms with Crippen molar-refractivity contribution in [3.63, 3.8) is 0 Å². The van der Waals surface area contributed by atoms with Crippen LogP contribution in [-0.2, 0) is 17.4 Å². The molecule has 37 heavy (non-hydrogen) atoms. The summed E-state index contributed by atoms with van der Waals surface area (Å²) in [5, 5.41) is 19.2. The number of aliphatic hydroxyl groups is 1. The largest absolute Gasteiger partial charge is 0.386 e. The minimum atomic E-state index is -2.58. The Labute approximate surface area is 218 Å². The number of halogens is 1. The number of fused-ring (bicyclic) bond motifs is 3. The van der Waals surface area contributed by atoms with E-state index in [0.29, 0.717) is 35.2 Å². The van der Waals surface area contributed by atoms with E-state index >= 15 is 4.39 Å². The number of benzene rings is 2. The molecular weight excluding hydrogens is 469 g/mol. The fourth-order valence-corrected chi connectivity index (χ4v) is 5.46. The second kappa shape index (κ2) is 8.19.